The van der Waals surface area contributed by atoms with Gasteiger partial charge in [-0.25, -0.2) is 4.79 Å². The third kappa shape index (κ3) is 4.50. The van der Waals surface area contributed by atoms with Crippen molar-refractivity contribution < 1.29 is 9.90 Å². The summed E-state index contributed by atoms with van der Waals surface area (Å²) in [6, 6.07) is 10.2. The number of unbranched alkanes of at least 4 members (excludes halogenated alkanes) is 1. The van der Waals surface area contributed by atoms with E-state index < -0.39 is 6.09 Å². The molecule has 1 amide bonds. The Hall–Kier alpha value is -1.51. The molecule has 1 rings (SSSR count). The lowest BCUT2D eigenvalue weighted by molar-refractivity contribution is 0.194. The van der Waals surface area contributed by atoms with Crippen LogP contribution in [0.2, 0.25) is 0 Å². The maximum Gasteiger partial charge on any atom is 0.404 e. The molecule has 0 aliphatic heterocycles. The number of nitrogens with one attached hydrogen (secondary N) is 1. The summed E-state index contributed by atoms with van der Waals surface area (Å²) in [5.74, 6) is 0. The van der Waals surface area contributed by atoms with Crippen molar-refractivity contribution in [3.8, 4) is 0 Å². The van der Waals surface area contributed by atoms with E-state index >= 15 is 0 Å². The van der Waals surface area contributed by atoms with Crippen molar-refractivity contribution in [2.24, 2.45) is 0 Å². The lowest BCUT2D eigenvalue weighted by Crippen LogP contribution is -2.21. The van der Waals surface area contributed by atoms with E-state index in [1.807, 2.05) is 18.2 Å². The van der Waals surface area contributed by atoms with Crippen LogP contribution in [0.3, 0.4) is 0 Å². The summed E-state index contributed by atoms with van der Waals surface area (Å²) in [6.45, 7) is 0.544. The van der Waals surface area contributed by atoms with Crippen LogP contribution in [-0.4, -0.2) is 17.7 Å². The maximum atomic E-state index is 10.1. The molecular weight excluding hydrogens is 178 g/mol. The van der Waals surface area contributed by atoms with Crippen LogP contribution in [0.15, 0.2) is 30.3 Å². The first-order valence-corrected chi connectivity index (χ1v) is 4.80. The van der Waals surface area contributed by atoms with Gasteiger partial charge in [-0.05, 0) is 24.8 Å². The van der Waals surface area contributed by atoms with E-state index in [4.69, 9.17) is 5.11 Å². The minimum absolute atomic E-state index is 0.544. The highest BCUT2D eigenvalue weighted by atomic mass is 16.4. The number of carboxylic acid groups (broad SMARTS) is 1. The van der Waals surface area contributed by atoms with Gasteiger partial charge in [-0.1, -0.05) is 30.3 Å². The molecule has 0 aliphatic carbocycles. The van der Waals surface area contributed by atoms with Gasteiger partial charge in [0.15, 0.2) is 0 Å². The molecule has 1 aromatic rings. The van der Waals surface area contributed by atoms with Gasteiger partial charge in [0.1, 0.15) is 0 Å². The standard InChI is InChI=1S/C11H15NO2/c13-11(14)12-9-5-4-8-10-6-2-1-3-7-10/h1-3,6-7,12H,4-5,8-9H2,(H,13,14). The molecule has 76 valence electrons. The number of aryl methyl sites for hydroxylation is 1. The van der Waals surface area contributed by atoms with Gasteiger partial charge in [0.2, 0.25) is 0 Å². The van der Waals surface area contributed by atoms with Crippen molar-refractivity contribution in [2.45, 2.75) is 19.3 Å². The van der Waals surface area contributed by atoms with E-state index in [1.54, 1.807) is 0 Å². The van der Waals surface area contributed by atoms with Crippen molar-refractivity contribution in [3.63, 3.8) is 0 Å². The van der Waals surface area contributed by atoms with E-state index in [1.165, 1.54) is 5.56 Å². The van der Waals surface area contributed by atoms with Crippen LogP contribution in [0.4, 0.5) is 4.79 Å². The van der Waals surface area contributed by atoms with Crippen LogP contribution >= 0.6 is 0 Å². The molecule has 0 spiro atoms. The lowest BCUT2D eigenvalue weighted by Gasteiger charge is -2.01. The first-order chi connectivity index (χ1) is 6.79. The number of rotatable bonds is 5. The summed E-state index contributed by atoms with van der Waals surface area (Å²) in [7, 11) is 0. The molecule has 0 bridgehead atoms. The molecule has 3 heteroatoms. The molecule has 0 heterocycles. The van der Waals surface area contributed by atoms with Crippen LogP contribution in [0.25, 0.3) is 0 Å². The smallest absolute Gasteiger partial charge is 0.404 e. The minimum Gasteiger partial charge on any atom is -0.465 e. The summed E-state index contributed by atoms with van der Waals surface area (Å²) in [5, 5.41) is 10.7. The topological polar surface area (TPSA) is 49.3 Å². The zero-order valence-electron chi connectivity index (χ0n) is 8.07. The maximum absolute atomic E-state index is 10.1. The fraction of sp³-hybridized carbons (Fsp3) is 0.364. The molecule has 0 radical (unpaired) electrons. The highest BCUT2D eigenvalue weighted by Gasteiger charge is 1.94. The second kappa shape index (κ2) is 6.02. The molecule has 0 aromatic heterocycles. The van der Waals surface area contributed by atoms with Crippen LogP contribution in [0.1, 0.15) is 18.4 Å². The summed E-state index contributed by atoms with van der Waals surface area (Å²) in [6.07, 6.45) is 1.98. The molecule has 14 heavy (non-hydrogen) atoms. The SMILES string of the molecule is O=C(O)NCCCCc1ccccc1. The number of benzene rings is 1. The first kappa shape index (κ1) is 10.6. The molecule has 0 atom stereocenters. The average molecular weight is 193 g/mol. The van der Waals surface area contributed by atoms with Gasteiger partial charge in [0, 0.05) is 6.54 Å². The molecule has 1 aromatic carbocycles. The lowest BCUT2D eigenvalue weighted by atomic mass is 10.1. The highest BCUT2D eigenvalue weighted by molar-refractivity contribution is 5.64. The molecule has 0 unspecified atom stereocenters. The molecule has 0 saturated heterocycles. The number of hydrogen-bond donors (Lipinski definition) is 2. The van der Waals surface area contributed by atoms with Crippen LogP contribution in [0, 0.1) is 0 Å². The van der Waals surface area contributed by atoms with Crippen molar-refractivity contribution in [3.05, 3.63) is 35.9 Å². The Kier molecular flexibility index (Phi) is 4.55. The molecule has 0 saturated carbocycles. The second-order valence-corrected chi connectivity index (χ2v) is 3.17. The fourth-order valence-corrected chi connectivity index (χ4v) is 1.29. The molecule has 0 aliphatic rings. The van der Waals surface area contributed by atoms with Gasteiger partial charge in [-0.2, -0.15) is 0 Å². The van der Waals surface area contributed by atoms with Gasteiger partial charge < -0.3 is 10.4 Å². The van der Waals surface area contributed by atoms with Crippen LogP contribution < -0.4 is 5.32 Å². The average Bonchev–Trinajstić information content (AvgIpc) is 2.18. The van der Waals surface area contributed by atoms with E-state index in [2.05, 4.69) is 17.4 Å². The van der Waals surface area contributed by atoms with Crippen molar-refractivity contribution >= 4 is 6.09 Å². The quantitative estimate of drug-likeness (QED) is 0.705. The third-order valence-corrected chi connectivity index (χ3v) is 2.01. The fourth-order valence-electron chi connectivity index (χ4n) is 1.29. The summed E-state index contributed by atoms with van der Waals surface area (Å²) in [5.41, 5.74) is 1.31. The van der Waals surface area contributed by atoms with Crippen molar-refractivity contribution in [1.29, 1.82) is 0 Å². The first-order valence-electron chi connectivity index (χ1n) is 4.80. The Bertz CT molecular complexity index is 272. The monoisotopic (exact) mass is 193 g/mol. The normalized spacial score (nSPS) is 9.71. The van der Waals surface area contributed by atoms with Gasteiger partial charge in [0.05, 0.1) is 0 Å². The zero-order valence-corrected chi connectivity index (χ0v) is 8.07. The van der Waals surface area contributed by atoms with Gasteiger partial charge in [-0.15, -0.1) is 0 Å². The Morgan fingerprint density at radius 3 is 2.57 bits per heavy atom. The molecule has 2 N–H and O–H groups in total. The Morgan fingerprint density at radius 2 is 1.93 bits per heavy atom. The summed E-state index contributed by atoms with van der Waals surface area (Å²) >= 11 is 0. The van der Waals surface area contributed by atoms with E-state index in [9.17, 15) is 4.79 Å². The summed E-state index contributed by atoms with van der Waals surface area (Å²) in [4.78, 5) is 10.1. The molecular formula is C11H15NO2. The Labute approximate surface area is 83.8 Å². The van der Waals surface area contributed by atoms with Crippen molar-refractivity contribution in [1.82, 2.24) is 5.32 Å². The predicted molar refractivity (Wildman–Crippen MR) is 55.4 cm³/mol. The van der Waals surface area contributed by atoms with Crippen LogP contribution in [0.5, 0.6) is 0 Å². The summed E-state index contributed by atoms with van der Waals surface area (Å²) < 4.78 is 0. The minimum atomic E-state index is -0.940. The molecule has 3 nitrogen and oxygen atoms in total. The van der Waals surface area contributed by atoms with Gasteiger partial charge in [0.25, 0.3) is 0 Å². The number of hydrogen-bond acceptors (Lipinski definition) is 1. The van der Waals surface area contributed by atoms with E-state index in [0.717, 1.165) is 19.3 Å². The van der Waals surface area contributed by atoms with Gasteiger partial charge >= 0.3 is 6.09 Å². The number of carbonyl (C=O) groups is 1. The van der Waals surface area contributed by atoms with Crippen LogP contribution in [-0.2, 0) is 6.42 Å². The third-order valence-electron chi connectivity index (χ3n) is 2.01. The predicted octanol–water partition coefficient (Wildman–Crippen LogP) is 2.28. The zero-order chi connectivity index (χ0) is 10.2. The Morgan fingerprint density at radius 1 is 1.21 bits per heavy atom. The Balaban J connectivity index is 2.08. The van der Waals surface area contributed by atoms with Crippen molar-refractivity contribution in [2.75, 3.05) is 6.54 Å². The largest absolute Gasteiger partial charge is 0.465 e. The van der Waals surface area contributed by atoms with E-state index in [-0.39, 0.29) is 0 Å². The number of amides is 1. The highest BCUT2D eigenvalue weighted by Crippen LogP contribution is 2.03. The van der Waals surface area contributed by atoms with E-state index in [0.29, 0.717) is 6.54 Å². The second-order valence-electron chi connectivity index (χ2n) is 3.17. The van der Waals surface area contributed by atoms with Gasteiger partial charge in [-0.3, -0.25) is 0 Å². The molecule has 0 fully saturated rings.